The molecule has 0 aliphatic carbocycles. The molecular weight excluding hydrogens is 1510 g/mol. The number of rotatable bonds is 8. The molecular formula is C114H66N8O2. The molecule has 10 heterocycles. The van der Waals surface area contributed by atoms with E-state index in [1.54, 1.807) is 0 Å². The Hall–Kier alpha value is -16.8. The summed E-state index contributed by atoms with van der Waals surface area (Å²) < 4.78 is 32.8. The molecule has 29 rings (SSSR count). The summed E-state index contributed by atoms with van der Waals surface area (Å²) in [5.74, 6) is 0. The maximum atomic E-state index is 6.41. The van der Waals surface area contributed by atoms with Crippen LogP contribution in [0.4, 0.5) is 0 Å². The second-order valence-electron chi connectivity index (χ2n) is 33.4. The SMILES string of the molecule is c1ccc(-n2c3ccc(-n4c5ccccc5c5c4ccc4c6ccccc6n(-c6ccc7c(c6)c6cc(-n8c9ccccc9c9ccc%10c(c%11ccccc%11n%10-c%10ccc%11oc%12ccccc%12c%11c%10)c98)ccc6n7-c6ccccc6)c45)cc3c3cc(-n4c5ccccc5c5ccc6c(c7ccccc7n6-c6ccc7oc8ccccc8c7c6)c54)ccc32)cc1. The number of benzene rings is 19. The van der Waals surface area contributed by atoms with Gasteiger partial charge in [-0.1, -0.05) is 200 Å². The van der Waals surface area contributed by atoms with E-state index in [1.807, 2.05) is 12.1 Å². The molecule has 0 spiro atoms. The molecule has 0 N–H and O–H groups in total. The lowest BCUT2D eigenvalue weighted by Gasteiger charge is -2.12. The molecule has 0 aliphatic heterocycles. The molecule has 0 radical (unpaired) electrons. The Bertz CT molecular complexity index is 9790. The Kier molecular flexibility index (Phi) is 13.0. The quantitative estimate of drug-likeness (QED) is 0.152. The monoisotopic (exact) mass is 1580 g/mol. The normalized spacial score (nSPS) is 12.5. The van der Waals surface area contributed by atoms with Gasteiger partial charge >= 0.3 is 0 Å². The Morgan fingerprint density at radius 2 is 0.339 bits per heavy atom. The van der Waals surface area contributed by atoms with E-state index in [1.165, 1.54) is 75.7 Å². The second kappa shape index (κ2) is 24.5. The van der Waals surface area contributed by atoms with Gasteiger partial charge in [-0.25, -0.2) is 0 Å². The minimum absolute atomic E-state index is 0.877. The van der Waals surface area contributed by atoms with E-state index in [9.17, 15) is 0 Å². The van der Waals surface area contributed by atoms with Crippen molar-refractivity contribution in [3.8, 4) is 45.5 Å². The van der Waals surface area contributed by atoms with E-state index >= 15 is 0 Å². The van der Waals surface area contributed by atoms with Crippen LogP contribution in [0.15, 0.2) is 409 Å². The van der Waals surface area contributed by atoms with E-state index in [0.717, 1.165) is 188 Å². The van der Waals surface area contributed by atoms with Crippen LogP contribution in [0, 0.1) is 0 Å². The Morgan fingerprint density at radius 1 is 0.121 bits per heavy atom. The van der Waals surface area contributed by atoms with Crippen molar-refractivity contribution in [3.63, 3.8) is 0 Å². The fourth-order valence-corrected chi connectivity index (χ4v) is 22.1. The van der Waals surface area contributed by atoms with E-state index in [0.29, 0.717) is 0 Å². The molecule has 0 saturated heterocycles. The van der Waals surface area contributed by atoms with Crippen molar-refractivity contribution in [1.82, 2.24) is 36.5 Å². The largest absolute Gasteiger partial charge is 0.456 e. The number of hydrogen-bond donors (Lipinski definition) is 0. The third-order valence-electron chi connectivity index (χ3n) is 27.2. The van der Waals surface area contributed by atoms with Crippen molar-refractivity contribution < 1.29 is 8.83 Å². The van der Waals surface area contributed by atoms with Crippen LogP contribution < -0.4 is 0 Å². The molecule has 0 atom stereocenters. The molecule has 10 heteroatoms. The third-order valence-corrected chi connectivity index (χ3v) is 27.2. The van der Waals surface area contributed by atoms with Gasteiger partial charge in [0.05, 0.1) is 88.3 Å². The average Bonchev–Trinajstić information content (AvgIpc) is 1.54. The smallest absolute Gasteiger partial charge is 0.135 e. The minimum Gasteiger partial charge on any atom is -0.456 e. The highest BCUT2D eigenvalue weighted by Crippen LogP contribution is 2.50. The number of aromatic nitrogens is 8. The first-order valence-corrected chi connectivity index (χ1v) is 42.5. The molecule has 0 saturated carbocycles. The maximum Gasteiger partial charge on any atom is 0.135 e. The molecule has 0 fully saturated rings. The zero-order valence-corrected chi connectivity index (χ0v) is 66.5. The minimum atomic E-state index is 0.877. The maximum absolute atomic E-state index is 6.41. The van der Waals surface area contributed by atoms with Gasteiger partial charge in [0.2, 0.25) is 0 Å². The third kappa shape index (κ3) is 8.80. The van der Waals surface area contributed by atoms with Crippen molar-refractivity contribution in [3.05, 3.63) is 400 Å². The van der Waals surface area contributed by atoms with Crippen LogP contribution in [0.1, 0.15) is 0 Å². The summed E-state index contributed by atoms with van der Waals surface area (Å²) in [4.78, 5) is 0. The summed E-state index contributed by atoms with van der Waals surface area (Å²) in [5, 5.41) is 23.4. The van der Waals surface area contributed by atoms with E-state index in [-0.39, 0.29) is 0 Å². The topological polar surface area (TPSA) is 65.7 Å². The van der Waals surface area contributed by atoms with Crippen LogP contribution >= 0.6 is 0 Å². The number of furan rings is 2. The summed E-state index contributed by atoms with van der Waals surface area (Å²) in [6, 6.07) is 148. The lowest BCUT2D eigenvalue weighted by atomic mass is 10.1. The summed E-state index contributed by atoms with van der Waals surface area (Å²) in [6.45, 7) is 0. The summed E-state index contributed by atoms with van der Waals surface area (Å²) in [5.41, 5.74) is 30.5. The molecule has 0 unspecified atom stereocenters. The summed E-state index contributed by atoms with van der Waals surface area (Å²) >= 11 is 0. The van der Waals surface area contributed by atoms with Gasteiger partial charge in [-0.05, 0) is 200 Å². The predicted octanol–water partition coefficient (Wildman–Crippen LogP) is 30.3. The summed E-state index contributed by atoms with van der Waals surface area (Å²) in [7, 11) is 0. The van der Waals surface area contributed by atoms with Crippen LogP contribution in [0.5, 0.6) is 0 Å². The van der Waals surface area contributed by atoms with Crippen LogP contribution in [0.2, 0.25) is 0 Å². The number of fused-ring (bicyclic) bond motifs is 33. The van der Waals surface area contributed by atoms with Gasteiger partial charge in [0, 0.05) is 153 Å². The van der Waals surface area contributed by atoms with Crippen LogP contribution in [0.25, 0.3) is 264 Å². The highest BCUT2D eigenvalue weighted by atomic mass is 16.3. The number of hydrogen-bond acceptors (Lipinski definition) is 2. The van der Waals surface area contributed by atoms with Crippen molar-refractivity contribution in [2.45, 2.75) is 0 Å². The van der Waals surface area contributed by atoms with Crippen molar-refractivity contribution in [2.75, 3.05) is 0 Å². The van der Waals surface area contributed by atoms with Crippen LogP contribution in [0.3, 0.4) is 0 Å². The Balaban J connectivity index is 0.636. The predicted molar refractivity (Wildman–Crippen MR) is 516 cm³/mol. The zero-order valence-electron chi connectivity index (χ0n) is 66.5. The Morgan fingerprint density at radius 3 is 0.661 bits per heavy atom. The number of para-hydroxylation sites is 10. The second-order valence-corrected chi connectivity index (χ2v) is 33.4. The van der Waals surface area contributed by atoms with E-state index < -0.39 is 0 Å². The Labute approximate surface area is 704 Å². The molecule has 0 amide bonds. The molecule has 0 aliphatic rings. The van der Waals surface area contributed by atoms with Gasteiger partial charge in [0.15, 0.2) is 0 Å². The lowest BCUT2D eigenvalue weighted by Crippen LogP contribution is -1.97. The van der Waals surface area contributed by atoms with E-state index in [4.69, 9.17) is 8.83 Å². The van der Waals surface area contributed by atoms with E-state index in [2.05, 4.69) is 425 Å². The van der Waals surface area contributed by atoms with Gasteiger partial charge in [-0.3, -0.25) is 0 Å². The fourth-order valence-electron chi connectivity index (χ4n) is 22.1. The molecule has 29 aromatic rings. The molecule has 10 aromatic heterocycles. The fraction of sp³-hybridized carbons (Fsp3) is 0. The van der Waals surface area contributed by atoms with Gasteiger partial charge in [-0.15, -0.1) is 0 Å². The van der Waals surface area contributed by atoms with Crippen molar-refractivity contribution in [1.29, 1.82) is 0 Å². The lowest BCUT2D eigenvalue weighted by molar-refractivity contribution is 0.668. The average molecular weight is 1580 g/mol. The van der Waals surface area contributed by atoms with Crippen LogP contribution in [-0.4, -0.2) is 36.5 Å². The highest BCUT2D eigenvalue weighted by Gasteiger charge is 2.29. The molecule has 574 valence electrons. The number of nitrogens with zero attached hydrogens (tertiary/aromatic N) is 8. The van der Waals surface area contributed by atoms with Gasteiger partial charge in [-0.2, -0.15) is 0 Å². The molecule has 10 nitrogen and oxygen atoms in total. The van der Waals surface area contributed by atoms with Gasteiger partial charge in [0.1, 0.15) is 22.3 Å². The van der Waals surface area contributed by atoms with Crippen molar-refractivity contribution >= 4 is 218 Å². The zero-order chi connectivity index (χ0) is 80.4. The molecule has 0 bridgehead atoms. The summed E-state index contributed by atoms with van der Waals surface area (Å²) in [6.07, 6.45) is 0. The highest BCUT2D eigenvalue weighted by molar-refractivity contribution is 6.30. The van der Waals surface area contributed by atoms with Crippen molar-refractivity contribution in [2.24, 2.45) is 0 Å². The van der Waals surface area contributed by atoms with Gasteiger partial charge in [0.25, 0.3) is 0 Å². The standard InChI is InChI=1S/C114H66N8O2/c1-3-23-67(24-4-1)115-98-52-43-69(61-86(98)87-62-72(44-53-99(87)115)120-92-35-15-8-28-76(92)81-50-57-103-110(113(81)120)84-33-11-19-39-96(84)118(103)70-47-59-107-90(65-70)78-30-13-21-41-105(78)123-107)117-95-38-18-10-32-83(95)109-102(117)56-49-80-75-27-7-16-36-93(75)121(112(80)109)73-45-54-100-88(63-73)89-64-74(46-55-101(89)116(100)68-25-5-2-6-26-68)122-94-37-17-9-29-77(94)82-51-58-104-111(114(82)122)85-34-12-20-40-97(85)119(104)71-48-60-108-91(66-71)79-31-14-22-42-106(79)124-108/h1-66H. The first kappa shape index (κ1) is 66.1. The first-order valence-electron chi connectivity index (χ1n) is 42.5. The van der Waals surface area contributed by atoms with Gasteiger partial charge < -0.3 is 45.4 Å². The first-order chi connectivity index (χ1) is 61.5. The molecule has 19 aromatic carbocycles. The molecule has 124 heavy (non-hydrogen) atoms. The van der Waals surface area contributed by atoms with Crippen LogP contribution in [-0.2, 0) is 0 Å².